The highest BCUT2D eigenvalue weighted by molar-refractivity contribution is 7.80. The highest BCUT2D eigenvalue weighted by atomic mass is 32.1. The molecule has 2 N–H and O–H groups in total. The van der Waals surface area contributed by atoms with Crippen LogP contribution in [0.2, 0.25) is 0 Å². The summed E-state index contributed by atoms with van der Waals surface area (Å²) in [6, 6.07) is 4.24. The Morgan fingerprint density at radius 2 is 2.35 bits per heavy atom. The standard InChI is InChI=1S/C14H17FN2O2S/c1-2-19-14(18)11-7-4-8-17(11)10-6-3-5-9(15)12(10)13(16)20/h3,5-6,11H,2,4,7-8H2,1H3,(H2,16,20). The molecule has 20 heavy (non-hydrogen) atoms. The van der Waals surface area contributed by atoms with E-state index in [0.717, 1.165) is 6.42 Å². The molecule has 1 heterocycles. The normalized spacial score (nSPS) is 18.1. The predicted octanol–water partition coefficient (Wildman–Crippen LogP) is 1.99. The van der Waals surface area contributed by atoms with Crippen LogP contribution >= 0.6 is 12.2 Å². The number of halogens is 1. The third-order valence-corrected chi connectivity index (χ3v) is 3.56. The van der Waals surface area contributed by atoms with Gasteiger partial charge in [0.05, 0.1) is 17.9 Å². The Morgan fingerprint density at radius 1 is 1.60 bits per heavy atom. The zero-order chi connectivity index (χ0) is 14.7. The van der Waals surface area contributed by atoms with Crippen LogP contribution in [0.3, 0.4) is 0 Å². The van der Waals surface area contributed by atoms with Crippen LogP contribution in [0, 0.1) is 5.82 Å². The second-order valence-corrected chi connectivity index (χ2v) is 5.04. The van der Waals surface area contributed by atoms with E-state index in [2.05, 4.69) is 0 Å². The number of hydrogen-bond acceptors (Lipinski definition) is 4. The fourth-order valence-electron chi connectivity index (χ4n) is 2.53. The lowest BCUT2D eigenvalue weighted by molar-refractivity contribution is -0.144. The second kappa shape index (κ2) is 6.17. The van der Waals surface area contributed by atoms with E-state index in [0.29, 0.717) is 25.3 Å². The van der Waals surface area contributed by atoms with E-state index in [9.17, 15) is 9.18 Å². The second-order valence-electron chi connectivity index (χ2n) is 4.60. The Hall–Kier alpha value is -1.69. The summed E-state index contributed by atoms with van der Waals surface area (Å²) in [6.07, 6.45) is 1.53. The van der Waals surface area contributed by atoms with Gasteiger partial charge in [-0.15, -0.1) is 0 Å². The topological polar surface area (TPSA) is 55.6 Å². The van der Waals surface area contributed by atoms with Crippen LogP contribution in [0.5, 0.6) is 0 Å². The third kappa shape index (κ3) is 2.75. The van der Waals surface area contributed by atoms with E-state index in [1.54, 1.807) is 19.1 Å². The minimum atomic E-state index is -0.468. The van der Waals surface area contributed by atoms with Crippen molar-refractivity contribution in [3.63, 3.8) is 0 Å². The van der Waals surface area contributed by atoms with Crippen molar-refractivity contribution < 1.29 is 13.9 Å². The maximum Gasteiger partial charge on any atom is 0.328 e. The van der Waals surface area contributed by atoms with Crippen LogP contribution in [0.15, 0.2) is 18.2 Å². The van der Waals surface area contributed by atoms with Crippen LogP contribution in [-0.2, 0) is 9.53 Å². The summed E-state index contributed by atoms with van der Waals surface area (Å²) in [5.74, 6) is -0.757. The minimum Gasteiger partial charge on any atom is -0.464 e. The molecular weight excluding hydrogens is 279 g/mol. The average molecular weight is 296 g/mol. The Balaban J connectivity index is 2.38. The first-order chi connectivity index (χ1) is 9.56. The molecule has 0 bridgehead atoms. The van der Waals surface area contributed by atoms with E-state index in [1.165, 1.54) is 6.07 Å². The van der Waals surface area contributed by atoms with Crippen LogP contribution in [0.4, 0.5) is 10.1 Å². The van der Waals surface area contributed by atoms with Crippen molar-refractivity contribution in [3.8, 4) is 0 Å². The van der Waals surface area contributed by atoms with Crippen LogP contribution in [0.25, 0.3) is 0 Å². The lowest BCUT2D eigenvalue weighted by Gasteiger charge is -2.27. The molecule has 0 aromatic heterocycles. The molecule has 1 aliphatic heterocycles. The van der Waals surface area contributed by atoms with E-state index in [1.807, 2.05) is 4.90 Å². The van der Waals surface area contributed by atoms with Gasteiger partial charge in [0.2, 0.25) is 0 Å². The monoisotopic (exact) mass is 296 g/mol. The third-order valence-electron chi connectivity index (χ3n) is 3.36. The molecule has 1 atom stereocenters. The van der Waals surface area contributed by atoms with Gasteiger partial charge in [0.15, 0.2) is 0 Å². The molecule has 0 amide bonds. The molecule has 1 unspecified atom stereocenters. The highest BCUT2D eigenvalue weighted by Crippen LogP contribution is 2.30. The summed E-state index contributed by atoms with van der Waals surface area (Å²) in [6.45, 7) is 2.75. The molecule has 1 saturated heterocycles. The van der Waals surface area contributed by atoms with Crippen molar-refractivity contribution in [2.75, 3.05) is 18.1 Å². The van der Waals surface area contributed by atoms with Crippen molar-refractivity contribution in [1.29, 1.82) is 0 Å². The molecule has 4 nitrogen and oxygen atoms in total. The Kier molecular flexibility index (Phi) is 4.54. The highest BCUT2D eigenvalue weighted by Gasteiger charge is 2.33. The molecular formula is C14H17FN2O2S. The van der Waals surface area contributed by atoms with Crippen molar-refractivity contribution >= 4 is 28.9 Å². The zero-order valence-electron chi connectivity index (χ0n) is 11.3. The van der Waals surface area contributed by atoms with Gasteiger partial charge in [-0.25, -0.2) is 9.18 Å². The molecule has 2 rings (SSSR count). The van der Waals surface area contributed by atoms with Gasteiger partial charge in [-0.05, 0) is 31.9 Å². The number of carbonyl (C=O) groups excluding carboxylic acids is 1. The number of ether oxygens (including phenoxy) is 1. The maximum atomic E-state index is 13.9. The number of hydrogen-bond donors (Lipinski definition) is 1. The fourth-order valence-corrected chi connectivity index (χ4v) is 2.74. The van der Waals surface area contributed by atoms with Gasteiger partial charge in [0.25, 0.3) is 0 Å². The van der Waals surface area contributed by atoms with Gasteiger partial charge in [0, 0.05) is 6.54 Å². The molecule has 0 radical (unpaired) electrons. The van der Waals surface area contributed by atoms with Crippen molar-refractivity contribution in [3.05, 3.63) is 29.6 Å². The van der Waals surface area contributed by atoms with Gasteiger partial charge >= 0.3 is 5.97 Å². The summed E-state index contributed by atoms with van der Waals surface area (Å²) in [4.78, 5) is 13.8. The summed E-state index contributed by atoms with van der Waals surface area (Å²) in [7, 11) is 0. The van der Waals surface area contributed by atoms with Gasteiger partial charge in [-0.1, -0.05) is 18.3 Å². The summed E-state index contributed by atoms with van der Waals surface area (Å²) in [5.41, 5.74) is 6.37. The SMILES string of the molecule is CCOC(=O)C1CCCN1c1cccc(F)c1C(N)=S. The van der Waals surface area contributed by atoms with E-state index in [-0.39, 0.29) is 16.5 Å². The van der Waals surface area contributed by atoms with Crippen molar-refractivity contribution in [1.82, 2.24) is 0 Å². The Morgan fingerprint density at radius 3 is 3.00 bits per heavy atom. The predicted molar refractivity (Wildman–Crippen MR) is 79.3 cm³/mol. The number of esters is 1. The summed E-state index contributed by atoms with van der Waals surface area (Å²) >= 11 is 4.92. The average Bonchev–Trinajstić information content (AvgIpc) is 2.87. The maximum absolute atomic E-state index is 13.9. The van der Waals surface area contributed by atoms with Gasteiger partial charge in [-0.3, -0.25) is 0 Å². The number of benzene rings is 1. The number of nitrogens with two attached hydrogens (primary N) is 1. The van der Waals surface area contributed by atoms with Crippen LogP contribution in [0.1, 0.15) is 25.3 Å². The quantitative estimate of drug-likeness (QED) is 0.680. The fraction of sp³-hybridized carbons (Fsp3) is 0.429. The molecule has 6 heteroatoms. The summed E-state index contributed by atoms with van der Waals surface area (Å²) in [5, 5.41) is 0. The number of nitrogens with zero attached hydrogens (tertiary/aromatic N) is 1. The van der Waals surface area contributed by atoms with E-state index >= 15 is 0 Å². The molecule has 1 aromatic rings. The van der Waals surface area contributed by atoms with Gasteiger partial charge in [0.1, 0.15) is 16.8 Å². The van der Waals surface area contributed by atoms with Crippen molar-refractivity contribution in [2.45, 2.75) is 25.8 Å². The van der Waals surface area contributed by atoms with Gasteiger partial charge in [-0.2, -0.15) is 0 Å². The first-order valence-corrected chi connectivity index (χ1v) is 6.98. The number of anilines is 1. The summed E-state index contributed by atoms with van der Waals surface area (Å²) < 4.78 is 19.0. The first kappa shape index (κ1) is 14.7. The molecule has 0 saturated carbocycles. The zero-order valence-corrected chi connectivity index (χ0v) is 12.1. The molecule has 0 aliphatic carbocycles. The number of carbonyl (C=O) groups is 1. The molecule has 1 aliphatic rings. The van der Waals surface area contributed by atoms with Gasteiger partial charge < -0.3 is 15.4 Å². The molecule has 1 fully saturated rings. The van der Waals surface area contributed by atoms with E-state index in [4.69, 9.17) is 22.7 Å². The molecule has 0 spiro atoms. The molecule has 108 valence electrons. The lowest BCUT2D eigenvalue weighted by Crippen LogP contribution is -2.38. The van der Waals surface area contributed by atoms with Crippen molar-refractivity contribution in [2.24, 2.45) is 5.73 Å². The first-order valence-electron chi connectivity index (χ1n) is 6.57. The van der Waals surface area contributed by atoms with E-state index < -0.39 is 11.9 Å². The number of thiocarbonyl (C=S) groups is 1. The molecule has 1 aromatic carbocycles. The number of rotatable bonds is 4. The van der Waals surface area contributed by atoms with Crippen LogP contribution in [-0.4, -0.2) is 30.2 Å². The smallest absolute Gasteiger partial charge is 0.328 e. The largest absolute Gasteiger partial charge is 0.464 e. The Bertz CT molecular complexity index is 536. The minimum absolute atomic E-state index is 0.00684. The Labute approximate surface area is 122 Å². The lowest BCUT2D eigenvalue weighted by atomic mass is 10.1. The van der Waals surface area contributed by atoms with Crippen LogP contribution < -0.4 is 10.6 Å².